The van der Waals surface area contributed by atoms with Crippen molar-refractivity contribution in [3.8, 4) is 5.75 Å². The molecule has 112 valence electrons. The van der Waals surface area contributed by atoms with Gasteiger partial charge in [-0.1, -0.05) is 11.6 Å². The van der Waals surface area contributed by atoms with Crippen LogP contribution in [0, 0.1) is 20.8 Å². The molecule has 0 amide bonds. The van der Waals surface area contributed by atoms with E-state index in [0.717, 1.165) is 22.8 Å². The summed E-state index contributed by atoms with van der Waals surface area (Å²) >= 11 is 6.08. The van der Waals surface area contributed by atoms with Crippen molar-refractivity contribution in [2.75, 3.05) is 12.4 Å². The number of ether oxygens (including phenoxy) is 1. The Bertz CT molecular complexity index is 632. The minimum absolute atomic E-state index is 0.116. The zero-order chi connectivity index (χ0) is 15.6. The highest BCUT2D eigenvalue weighted by molar-refractivity contribution is 6.30. The first kappa shape index (κ1) is 15.6. The summed E-state index contributed by atoms with van der Waals surface area (Å²) < 4.78 is 5.38. The predicted molar refractivity (Wildman–Crippen MR) is 88.5 cm³/mol. The lowest BCUT2D eigenvalue weighted by Gasteiger charge is -2.21. The molecule has 3 nitrogen and oxygen atoms in total. The van der Waals surface area contributed by atoms with Gasteiger partial charge in [0.25, 0.3) is 0 Å². The first-order valence-electron chi connectivity index (χ1n) is 6.97. The van der Waals surface area contributed by atoms with Gasteiger partial charge in [0.2, 0.25) is 0 Å². The Labute approximate surface area is 131 Å². The van der Waals surface area contributed by atoms with Crippen molar-refractivity contribution in [2.45, 2.75) is 33.7 Å². The van der Waals surface area contributed by atoms with Crippen molar-refractivity contribution >= 4 is 17.3 Å². The van der Waals surface area contributed by atoms with Crippen molar-refractivity contribution in [3.05, 3.63) is 51.8 Å². The summed E-state index contributed by atoms with van der Waals surface area (Å²) in [7, 11) is 1.66. The van der Waals surface area contributed by atoms with Gasteiger partial charge >= 0.3 is 0 Å². The lowest BCUT2D eigenvalue weighted by Crippen LogP contribution is -2.12. The molecule has 0 spiro atoms. The topological polar surface area (TPSA) is 34.1 Å². The first-order chi connectivity index (χ1) is 9.92. The maximum absolute atomic E-state index is 6.08. The van der Waals surface area contributed by atoms with Crippen LogP contribution < -0.4 is 10.1 Å². The van der Waals surface area contributed by atoms with E-state index in [9.17, 15) is 0 Å². The first-order valence-corrected chi connectivity index (χ1v) is 7.35. The number of nitrogens with zero attached hydrogens (tertiary/aromatic N) is 1. The number of methoxy groups -OCH3 is 1. The average molecular weight is 305 g/mol. The molecule has 4 heteroatoms. The Hall–Kier alpha value is -1.74. The van der Waals surface area contributed by atoms with Crippen LogP contribution in [0.1, 0.15) is 35.5 Å². The maximum Gasteiger partial charge on any atom is 0.142 e. The SMILES string of the molecule is COc1ccc(Cl)cc1NC(C)c1c(C)cc(C)nc1C. The summed E-state index contributed by atoms with van der Waals surface area (Å²) in [6.07, 6.45) is 0. The lowest BCUT2D eigenvalue weighted by atomic mass is 10.00. The number of anilines is 1. The highest BCUT2D eigenvalue weighted by Gasteiger charge is 2.15. The van der Waals surface area contributed by atoms with Crippen LogP contribution in [0.25, 0.3) is 0 Å². The normalized spacial score (nSPS) is 12.1. The van der Waals surface area contributed by atoms with Gasteiger partial charge in [-0.2, -0.15) is 0 Å². The van der Waals surface area contributed by atoms with Gasteiger partial charge in [-0.05, 0) is 63.1 Å². The van der Waals surface area contributed by atoms with Crippen LogP contribution >= 0.6 is 11.6 Å². The smallest absolute Gasteiger partial charge is 0.142 e. The standard InChI is InChI=1S/C17H21ClN2O/c1-10-8-11(2)19-12(3)17(10)13(4)20-15-9-14(18)6-7-16(15)21-5/h6-9,13,20H,1-5H3. The van der Waals surface area contributed by atoms with Gasteiger partial charge in [-0.15, -0.1) is 0 Å². The summed E-state index contributed by atoms with van der Waals surface area (Å²) in [5.41, 5.74) is 5.43. The van der Waals surface area contributed by atoms with Crippen LogP contribution in [0.4, 0.5) is 5.69 Å². The van der Waals surface area contributed by atoms with Crippen LogP contribution in [-0.2, 0) is 0 Å². The number of hydrogen-bond acceptors (Lipinski definition) is 3. The summed E-state index contributed by atoms with van der Waals surface area (Å²) in [4.78, 5) is 4.56. The van der Waals surface area contributed by atoms with Gasteiger partial charge < -0.3 is 10.1 Å². The number of nitrogens with one attached hydrogen (secondary N) is 1. The molecule has 21 heavy (non-hydrogen) atoms. The zero-order valence-electron chi connectivity index (χ0n) is 13.1. The molecular weight excluding hydrogens is 284 g/mol. The van der Waals surface area contributed by atoms with E-state index >= 15 is 0 Å². The Morgan fingerprint density at radius 1 is 1.19 bits per heavy atom. The number of rotatable bonds is 4. The van der Waals surface area contributed by atoms with Gasteiger partial charge in [0.05, 0.1) is 18.8 Å². The lowest BCUT2D eigenvalue weighted by molar-refractivity contribution is 0.416. The second-order valence-corrected chi connectivity index (χ2v) is 5.73. The number of aryl methyl sites for hydroxylation is 3. The molecule has 0 aliphatic carbocycles. The van der Waals surface area contributed by atoms with E-state index in [1.807, 2.05) is 32.0 Å². The molecule has 0 fully saturated rings. The third-order valence-corrected chi connectivity index (χ3v) is 3.79. The summed E-state index contributed by atoms with van der Waals surface area (Å²) in [5.74, 6) is 0.779. The van der Waals surface area contributed by atoms with E-state index in [1.54, 1.807) is 7.11 Å². The second-order valence-electron chi connectivity index (χ2n) is 5.29. The molecule has 0 saturated carbocycles. The van der Waals surface area contributed by atoms with Crippen LogP contribution in [0.2, 0.25) is 5.02 Å². The quantitative estimate of drug-likeness (QED) is 0.877. The maximum atomic E-state index is 6.08. The summed E-state index contributed by atoms with van der Waals surface area (Å²) in [6.45, 7) is 8.29. The van der Waals surface area contributed by atoms with Crippen LogP contribution in [0.15, 0.2) is 24.3 Å². The van der Waals surface area contributed by atoms with Crippen molar-refractivity contribution < 1.29 is 4.74 Å². The Balaban J connectivity index is 2.34. The molecular formula is C17H21ClN2O. The van der Waals surface area contributed by atoms with Gasteiger partial charge in [-0.3, -0.25) is 4.98 Å². The van der Waals surface area contributed by atoms with Crippen molar-refractivity contribution in [2.24, 2.45) is 0 Å². The van der Waals surface area contributed by atoms with Gasteiger partial charge in [0, 0.05) is 16.4 Å². The fraction of sp³-hybridized carbons (Fsp3) is 0.353. The molecule has 0 aliphatic heterocycles. The van der Waals surface area contributed by atoms with Crippen molar-refractivity contribution in [1.82, 2.24) is 4.98 Å². The van der Waals surface area contributed by atoms with E-state index in [-0.39, 0.29) is 6.04 Å². The largest absolute Gasteiger partial charge is 0.495 e. The minimum atomic E-state index is 0.116. The molecule has 1 unspecified atom stereocenters. The van der Waals surface area contributed by atoms with E-state index in [4.69, 9.17) is 16.3 Å². The highest BCUT2D eigenvalue weighted by Crippen LogP contribution is 2.32. The summed E-state index contributed by atoms with van der Waals surface area (Å²) in [6, 6.07) is 7.79. The molecule has 0 bridgehead atoms. The van der Waals surface area contributed by atoms with Crippen molar-refractivity contribution in [3.63, 3.8) is 0 Å². The van der Waals surface area contributed by atoms with E-state index in [0.29, 0.717) is 5.02 Å². The zero-order valence-corrected chi connectivity index (χ0v) is 13.9. The molecule has 0 radical (unpaired) electrons. The molecule has 1 aromatic heterocycles. The number of pyridine rings is 1. The fourth-order valence-electron chi connectivity index (χ4n) is 2.79. The van der Waals surface area contributed by atoms with Gasteiger partial charge in [-0.25, -0.2) is 0 Å². The predicted octanol–water partition coefficient (Wildman–Crippen LogP) is 4.84. The highest BCUT2D eigenvalue weighted by atomic mass is 35.5. The van der Waals surface area contributed by atoms with E-state index < -0.39 is 0 Å². The van der Waals surface area contributed by atoms with E-state index in [1.165, 1.54) is 11.1 Å². The summed E-state index contributed by atoms with van der Waals surface area (Å²) in [5, 5.41) is 4.15. The monoisotopic (exact) mass is 304 g/mol. The van der Waals surface area contributed by atoms with Crippen molar-refractivity contribution in [1.29, 1.82) is 0 Å². The molecule has 1 heterocycles. The molecule has 0 aliphatic rings. The number of halogens is 1. The molecule has 0 saturated heterocycles. The van der Waals surface area contributed by atoms with Crippen LogP contribution in [0.3, 0.4) is 0 Å². The van der Waals surface area contributed by atoms with Crippen LogP contribution in [0.5, 0.6) is 5.75 Å². The molecule has 2 aromatic rings. The molecule has 1 atom stereocenters. The van der Waals surface area contributed by atoms with E-state index in [2.05, 4.69) is 30.2 Å². The minimum Gasteiger partial charge on any atom is -0.495 e. The molecule has 2 rings (SSSR count). The molecule has 1 aromatic carbocycles. The third-order valence-electron chi connectivity index (χ3n) is 3.55. The average Bonchev–Trinajstić information content (AvgIpc) is 2.37. The Morgan fingerprint density at radius 2 is 1.90 bits per heavy atom. The Morgan fingerprint density at radius 3 is 2.52 bits per heavy atom. The van der Waals surface area contributed by atoms with Crippen LogP contribution in [-0.4, -0.2) is 12.1 Å². The third kappa shape index (κ3) is 3.48. The van der Waals surface area contributed by atoms with Gasteiger partial charge in [0.15, 0.2) is 0 Å². The fourth-order valence-corrected chi connectivity index (χ4v) is 2.96. The second kappa shape index (κ2) is 6.35. The number of benzene rings is 1. The number of aromatic nitrogens is 1. The molecule has 1 N–H and O–H groups in total. The Kier molecular flexibility index (Phi) is 4.73. The number of hydrogen-bond donors (Lipinski definition) is 1. The van der Waals surface area contributed by atoms with Gasteiger partial charge in [0.1, 0.15) is 5.75 Å².